The van der Waals surface area contributed by atoms with Crippen molar-refractivity contribution in [2.45, 2.75) is 11.4 Å². The third-order valence-electron chi connectivity index (χ3n) is 3.28. The first-order chi connectivity index (χ1) is 11.0. The summed E-state index contributed by atoms with van der Waals surface area (Å²) in [6.07, 6.45) is 0. The Morgan fingerprint density at radius 3 is 2.70 bits per heavy atom. The van der Waals surface area contributed by atoms with Crippen LogP contribution < -0.4 is 19.3 Å². The zero-order valence-corrected chi connectivity index (χ0v) is 12.6. The van der Waals surface area contributed by atoms with Gasteiger partial charge in [0.25, 0.3) is 0 Å². The van der Waals surface area contributed by atoms with Crippen LogP contribution in [0.4, 0.5) is 0 Å². The molecule has 2 aromatic rings. The van der Waals surface area contributed by atoms with Crippen LogP contribution >= 0.6 is 0 Å². The first kappa shape index (κ1) is 15.3. The van der Waals surface area contributed by atoms with Gasteiger partial charge in [-0.05, 0) is 35.4 Å². The number of carbonyl (C=O) groups excluding carboxylic acids is 1. The molecular weight excluding hydrogens is 322 g/mol. The second kappa shape index (κ2) is 5.90. The van der Waals surface area contributed by atoms with E-state index in [1.54, 1.807) is 18.2 Å². The Morgan fingerprint density at radius 1 is 1.13 bits per heavy atom. The minimum atomic E-state index is -3.84. The van der Waals surface area contributed by atoms with E-state index >= 15 is 0 Å². The first-order valence-electron chi connectivity index (χ1n) is 6.65. The molecule has 2 aromatic carbocycles. The number of fused-ring (bicyclic) bond motifs is 1. The third-order valence-corrected chi connectivity index (χ3v) is 4.68. The van der Waals surface area contributed by atoms with Crippen molar-refractivity contribution < 1.29 is 27.8 Å². The quantitative estimate of drug-likeness (QED) is 0.841. The molecule has 23 heavy (non-hydrogen) atoms. The molecule has 0 aromatic heterocycles. The number of carboxylic acids is 1. The topological polar surface area (TPSA) is 105 Å². The molecular formula is C15H12NO6S-. The highest BCUT2D eigenvalue weighted by atomic mass is 32.2. The largest absolute Gasteiger partial charge is 0.545 e. The Labute approximate surface area is 132 Å². The van der Waals surface area contributed by atoms with E-state index < -0.39 is 16.0 Å². The van der Waals surface area contributed by atoms with E-state index in [0.29, 0.717) is 17.1 Å². The summed E-state index contributed by atoms with van der Waals surface area (Å²) in [7, 11) is -3.84. The number of carbonyl (C=O) groups is 1. The van der Waals surface area contributed by atoms with Gasteiger partial charge in [0.15, 0.2) is 11.5 Å². The zero-order valence-electron chi connectivity index (χ0n) is 11.8. The van der Waals surface area contributed by atoms with Crippen LogP contribution in [0, 0.1) is 0 Å². The zero-order chi connectivity index (χ0) is 16.4. The van der Waals surface area contributed by atoms with Gasteiger partial charge >= 0.3 is 0 Å². The Balaban J connectivity index is 1.76. The Kier molecular flexibility index (Phi) is 3.93. The van der Waals surface area contributed by atoms with E-state index in [2.05, 4.69) is 4.72 Å². The molecule has 7 nitrogen and oxygen atoms in total. The standard InChI is InChI=1S/C15H13NO6S/c17-15(18)11-2-1-3-12(7-11)23(19,20)16-8-10-4-5-13-14(6-10)22-9-21-13/h1-7,16H,8-9H2,(H,17,18)/p-1. The first-order valence-corrected chi connectivity index (χ1v) is 8.14. The van der Waals surface area contributed by atoms with Crippen LogP contribution in [0.1, 0.15) is 15.9 Å². The van der Waals surface area contributed by atoms with Gasteiger partial charge < -0.3 is 19.4 Å². The Hall–Kier alpha value is -2.58. The van der Waals surface area contributed by atoms with Gasteiger partial charge in [-0.3, -0.25) is 0 Å². The molecule has 1 aliphatic rings. The summed E-state index contributed by atoms with van der Waals surface area (Å²) in [5.41, 5.74) is 0.491. The van der Waals surface area contributed by atoms with Crippen LogP contribution in [0.5, 0.6) is 11.5 Å². The maximum absolute atomic E-state index is 12.2. The van der Waals surface area contributed by atoms with Crippen LogP contribution in [0.2, 0.25) is 0 Å². The summed E-state index contributed by atoms with van der Waals surface area (Å²) >= 11 is 0. The molecule has 1 aliphatic heterocycles. The van der Waals surface area contributed by atoms with Crippen LogP contribution in [-0.4, -0.2) is 21.2 Å². The summed E-state index contributed by atoms with van der Waals surface area (Å²) in [5.74, 6) is -0.267. The molecule has 0 radical (unpaired) electrons. The van der Waals surface area contributed by atoms with E-state index in [1.165, 1.54) is 18.2 Å². The molecule has 0 saturated carbocycles. The number of rotatable bonds is 5. The molecule has 0 atom stereocenters. The van der Waals surface area contributed by atoms with Crippen molar-refractivity contribution in [3.63, 3.8) is 0 Å². The number of aromatic carboxylic acids is 1. The van der Waals surface area contributed by atoms with Crippen LogP contribution in [0.15, 0.2) is 47.4 Å². The molecule has 1 heterocycles. The van der Waals surface area contributed by atoms with Gasteiger partial charge in [0.1, 0.15) is 0 Å². The van der Waals surface area contributed by atoms with Crippen molar-refractivity contribution in [2.24, 2.45) is 0 Å². The van der Waals surface area contributed by atoms with Gasteiger partial charge in [0.05, 0.1) is 10.9 Å². The van der Waals surface area contributed by atoms with E-state index in [0.717, 1.165) is 6.07 Å². The number of hydrogen-bond acceptors (Lipinski definition) is 6. The van der Waals surface area contributed by atoms with Crippen LogP contribution in [-0.2, 0) is 16.6 Å². The molecule has 0 aliphatic carbocycles. The van der Waals surface area contributed by atoms with Gasteiger partial charge in [-0.15, -0.1) is 0 Å². The Morgan fingerprint density at radius 2 is 1.91 bits per heavy atom. The van der Waals surface area contributed by atoms with Crippen LogP contribution in [0.3, 0.4) is 0 Å². The number of carboxylic acid groups (broad SMARTS) is 1. The summed E-state index contributed by atoms with van der Waals surface area (Å²) in [4.78, 5) is 10.7. The second-order valence-corrected chi connectivity index (χ2v) is 6.59. The highest BCUT2D eigenvalue weighted by Crippen LogP contribution is 2.32. The van der Waals surface area contributed by atoms with Gasteiger partial charge in [-0.25, -0.2) is 13.1 Å². The third kappa shape index (κ3) is 3.27. The number of sulfonamides is 1. The fourth-order valence-corrected chi connectivity index (χ4v) is 3.17. The van der Waals surface area contributed by atoms with Crippen molar-refractivity contribution in [3.05, 3.63) is 53.6 Å². The predicted molar refractivity (Wildman–Crippen MR) is 77.4 cm³/mol. The lowest BCUT2D eigenvalue weighted by Crippen LogP contribution is -2.25. The molecule has 0 amide bonds. The van der Waals surface area contributed by atoms with E-state index in [-0.39, 0.29) is 23.8 Å². The number of benzene rings is 2. The van der Waals surface area contributed by atoms with Gasteiger partial charge in [-0.2, -0.15) is 0 Å². The maximum atomic E-state index is 12.2. The summed E-state index contributed by atoms with van der Waals surface area (Å²) in [6, 6.07) is 10.1. The van der Waals surface area contributed by atoms with E-state index in [4.69, 9.17) is 9.47 Å². The molecule has 0 unspecified atom stereocenters. The molecule has 0 saturated heterocycles. The molecule has 3 rings (SSSR count). The monoisotopic (exact) mass is 334 g/mol. The number of ether oxygens (including phenoxy) is 2. The molecule has 0 bridgehead atoms. The highest BCUT2D eigenvalue weighted by Gasteiger charge is 2.17. The molecule has 1 N–H and O–H groups in total. The summed E-state index contributed by atoms with van der Waals surface area (Å²) in [6.45, 7) is 0.176. The average molecular weight is 334 g/mol. The van der Waals surface area contributed by atoms with Crippen molar-refractivity contribution >= 4 is 16.0 Å². The predicted octanol–water partition coefficient (Wildman–Crippen LogP) is 0.257. The SMILES string of the molecule is O=C([O-])c1cccc(S(=O)(=O)NCc2ccc3c(c2)OCO3)c1. The van der Waals surface area contributed by atoms with Crippen LogP contribution in [0.25, 0.3) is 0 Å². The van der Waals surface area contributed by atoms with Gasteiger partial charge in [0, 0.05) is 6.54 Å². The Bertz CT molecular complexity index is 862. The van der Waals surface area contributed by atoms with Gasteiger partial charge in [0.2, 0.25) is 16.8 Å². The minimum Gasteiger partial charge on any atom is -0.545 e. The minimum absolute atomic E-state index is 0.0362. The summed E-state index contributed by atoms with van der Waals surface area (Å²) < 4.78 is 37.3. The molecule has 120 valence electrons. The lowest BCUT2D eigenvalue weighted by atomic mass is 10.2. The molecule has 0 spiro atoms. The lowest BCUT2D eigenvalue weighted by Gasteiger charge is -2.09. The van der Waals surface area contributed by atoms with E-state index in [1.807, 2.05) is 0 Å². The van der Waals surface area contributed by atoms with Gasteiger partial charge in [-0.1, -0.05) is 18.2 Å². The second-order valence-electron chi connectivity index (χ2n) is 4.83. The number of nitrogens with one attached hydrogen (secondary N) is 1. The normalized spacial score (nSPS) is 13.0. The maximum Gasteiger partial charge on any atom is 0.240 e. The smallest absolute Gasteiger partial charge is 0.240 e. The fraction of sp³-hybridized carbons (Fsp3) is 0.133. The average Bonchev–Trinajstić information content (AvgIpc) is 3.01. The highest BCUT2D eigenvalue weighted by molar-refractivity contribution is 7.89. The van der Waals surface area contributed by atoms with E-state index in [9.17, 15) is 18.3 Å². The van der Waals surface area contributed by atoms with Crippen molar-refractivity contribution in [3.8, 4) is 11.5 Å². The van der Waals surface area contributed by atoms with Crippen molar-refractivity contribution in [1.29, 1.82) is 0 Å². The lowest BCUT2D eigenvalue weighted by molar-refractivity contribution is -0.255. The number of hydrogen-bond donors (Lipinski definition) is 1. The summed E-state index contributed by atoms with van der Waals surface area (Å²) in [5, 5.41) is 10.8. The molecule has 0 fully saturated rings. The van der Waals surface area contributed by atoms with Crippen molar-refractivity contribution in [1.82, 2.24) is 4.72 Å². The van der Waals surface area contributed by atoms with Crippen molar-refractivity contribution in [2.75, 3.05) is 6.79 Å². The fourth-order valence-electron chi connectivity index (χ4n) is 2.10. The molecule has 8 heteroatoms.